The lowest BCUT2D eigenvalue weighted by molar-refractivity contribution is -0.117. The number of aromatic nitrogens is 2. The highest BCUT2D eigenvalue weighted by atomic mass is 79.9. The maximum atomic E-state index is 14.7. The van der Waals surface area contributed by atoms with Crippen LogP contribution in [-0.4, -0.2) is 63.9 Å². The summed E-state index contributed by atoms with van der Waals surface area (Å²) in [5.74, 6) is 0.919. The summed E-state index contributed by atoms with van der Waals surface area (Å²) in [5.41, 5.74) is 11.3. The fraction of sp³-hybridized carbons (Fsp3) is 0.231. The van der Waals surface area contributed by atoms with E-state index in [-0.39, 0.29) is 59.8 Å². The average Bonchev–Trinajstić information content (AvgIpc) is 1.64. The molecule has 4 aromatic heterocycles. The van der Waals surface area contributed by atoms with Crippen molar-refractivity contribution in [3.63, 3.8) is 0 Å². The molecule has 9 heterocycles. The highest BCUT2D eigenvalue weighted by Crippen LogP contribution is 2.48. The second kappa shape index (κ2) is 24.8. The molecule has 5 aliphatic heterocycles. The lowest BCUT2D eigenvalue weighted by Gasteiger charge is -2.32. The predicted molar refractivity (Wildman–Crippen MR) is 374 cm³/mol. The van der Waals surface area contributed by atoms with Crippen LogP contribution in [0.4, 0.5) is 28.9 Å². The normalized spacial score (nSPS) is 15.8. The summed E-state index contributed by atoms with van der Waals surface area (Å²) in [5, 5.41) is 2.42. The minimum atomic E-state index is -0.447. The zero-order chi connectivity index (χ0) is 68.2. The van der Waals surface area contributed by atoms with E-state index in [9.17, 15) is 36.7 Å². The zero-order valence-corrected chi connectivity index (χ0v) is 56.0. The van der Waals surface area contributed by atoms with E-state index in [4.69, 9.17) is 27.6 Å². The Labute approximate surface area is 569 Å². The van der Waals surface area contributed by atoms with Gasteiger partial charge in [-0.2, -0.15) is 0 Å². The van der Waals surface area contributed by atoms with Gasteiger partial charge in [-0.25, -0.2) is 17.6 Å². The minimum Gasteiger partial charge on any atom is -0.472 e. The van der Waals surface area contributed by atoms with Gasteiger partial charge in [-0.3, -0.25) is 19.2 Å². The number of rotatable bonds is 10. The first kappa shape index (κ1) is 64.0. The molecule has 17 rings (SSSR count). The fourth-order valence-corrected chi connectivity index (χ4v) is 14.3. The SMILES string of the molecule is CC1(C)OB(c2ccc3c(c2)-c2cc4c(F)cccc4n2CO3)OC1(C)C.CCC(=O)c1c(-c2ccc(F)cc2)oc2cc(N3CCCC3=O)c(-c3ccc4c(c3)-c3cc5c(F)cccc5n3CO4)cc12.CCC(=O)c1c(-c2ccc(F)cc2)oc2cc(N3CCCC3=O)c(Br)cc12. The highest BCUT2D eigenvalue weighted by Gasteiger charge is 2.52. The number of hydrogen-bond donors (Lipinski definition) is 0. The van der Waals surface area contributed by atoms with E-state index >= 15 is 0 Å². The highest BCUT2D eigenvalue weighted by molar-refractivity contribution is 9.10. The number of nitrogens with zero attached hydrogens (tertiary/aromatic N) is 4. The van der Waals surface area contributed by atoms with Gasteiger partial charge < -0.3 is 46.6 Å². The molecule has 0 radical (unpaired) electrons. The third-order valence-corrected chi connectivity index (χ3v) is 20.2. The van der Waals surface area contributed by atoms with Gasteiger partial charge in [-0.1, -0.05) is 38.1 Å². The first-order valence-electron chi connectivity index (χ1n) is 32.7. The number of benzene rings is 8. The molecular weight excluding hydrogens is 1320 g/mol. The number of ketones is 2. The lowest BCUT2D eigenvalue weighted by Crippen LogP contribution is -2.41. The summed E-state index contributed by atoms with van der Waals surface area (Å²) < 4.78 is 97.4. The number of hydrogen-bond acceptors (Lipinski definition) is 10. The Bertz CT molecular complexity index is 5270. The van der Waals surface area contributed by atoms with Gasteiger partial charge >= 0.3 is 7.12 Å². The van der Waals surface area contributed by atoms with Gasteiger partial charge in [-0.05, 0) is 189 Å². The summed E-state index contributed by atoms with van der Waals surface area (Å²) in [4.78, 5) is 54.7. The molecule has 5 aliphatic rings. The van der Waals surface area contributed by atoms with Crippen molar-refractivity contribution in [1.29, 1.82) is 0 Å². The number of Topliss-reactive ketones (excluding diaryl/α,β-unsaturated/α-hetero) is 2. The largest absolute Gasteiger partial charge is 0.494 e. The van der Waals surface area contributed by atoms with Gasteiger partial charge in [0.15, 0.2) is 25.0 Å². The zero-order valence-electron chi connectivity index (χ0n) is 54.4. The second-order valence-electron chi connectivity index (χ2n) is 26.0. The molecule has 14 nitrogen and oxygen atoms in total. The molecule has 12 aromatic rings. The first-order valence-corrected chi connectivity index (χ1v) is 33.5. The Hall–Kier alpha value is -10.0. The van der Waals surface area contributed by atoms with Crippen LogP contribution < -0.4 is 24.7 Å². The molecule has 98 heavy (non-hydrogen) atoms. The second-order valence-corrected chi connectivity index (χ2v) is 26.9. The third-order valence-electron chi connectivity index (χ3n) is 19.6. The molecule has 0 N–H and O–H groups in total. The topological polar surface area (TPSA) is 148 Å². The molecule has 0 unspecified atom stereocenters. The van der Waals surface area contributed by atoms with Crippen LogP contribution in [0.2, 0.25) is 0 Å². The molecule has 0 aliphatic carbocycles. The fourth-order valence-electron chi connectivity index (χ4n) is 13.7. The van der Waals surface area contributed by atoms with Crippen LogP contribution in [0.15, 0.2) is 171 Å². The van der Waals surface area contributed by atoms with Crippen LogP contribution in [0.3, 0.4) is 0 Å². The number of halogens is 5. The summed E-state index contributed by atoms with van der Waals surface area (Å²) >= 11 is 3.54. The summed E-state index contributed by atoms with van der Waals surface area (Å²) in [6.45, 7) is 13.6. The Kier molecular flexibility index (Phi) is 16.2. The van der Waals surface area contributed by atoms with Crippen LogP contribution in [-0.2, 0) is 32.4 Å². The van der Waals surface area contributed by atoms with Crippen LogP contribution >= 0.6 is 15.9 Å². The molecule has 3 saturated heterocycles. The van der Waals surface area contributed by atoms with E-state index in [0.29, 0.717) is 117 Å². The Balaban J connectivity index is 0.000000126. The predicted octanol–water partition coefficient (Wildman–Crippen LogP) is 18.6. The van der Waals surface area contributed by atoms with Crippen molar-refractivity contribution < 1.29 is 64.4 Å². The maximum absolute atomic E-state index is 14.7. The summed E-state index contributed by atoms with van der Waals surface area (Å²) in [6, 6.07) is 44.7. The molecule has 0 spiro atoms. The van der Waals surface area contributed by atoms with E-state index < -0.39 is 18.3 Å². The van der Waals surface area contributed by atoms with Crippen molar-refractivity contribution in [2.75, 3.05) is 22.9 Å². The van der Waals surface area contributed by atoms with E-state index in [2.05, 4.69) is 15.9 Å². The molecule has 494 valence electrons. The van der Waals surface area contributed by atoms with E-state index in [1.807, 2.05) is 116 Å². The lowest BCUT2D eigenvalue weighted by atomic mass is 9.78. The minimum absolute atomic E-state index is 0.0117. The van der Waals surface area contributed by atoms with Crippen LogP contribution in [0.25, 0.3) is 100 Å². The van der Waals surface area contributed by atoms with Crippen LogP contribution in [0.5, 0.6) is 11.5 Å². The van der Waals surface area contributed by atoms with Crippen LogP contribution in [0.1, 0.15) is 101 Å². The maximum Gasteiger partial charge on any atom is 0.494 e. The third kappa shape index (κ3) is 11.1. The Morgan fingerprint density at radius 2 is 0.969 bits per heavy atom. The molecule has 3 fully saturated rings. The van der Waals surface area contributed by atoms with Crippen molar-refractivity contribution in [3.8, 4) is 67.8 Å². The number of fused-ring (bicyclic) bond motifs is 12. The van der Waals surface area contributed by atoms with E-state index in [1.165, 1.54) is 36.4 Å². The Morgan fingerprint density at radius 3 is 1.46 bits per heavy atom. The van der Waals surface area contributed by atoms with Gasteiger partial charge in [-0.15, -0.1) is 0 Å². The van der Waals surface area contributed by atoms with Gasteiger partial charge in [0.1, 0.15) is 57.5 Å². The number of anilines is 2. The van der Waals surface area contributed by atoms with Crippen molar-refractivity contribution in [3.05, 3.63) is 197 Å². The molecule has 0 bridgehead atoms. The monoisotopic (exact) mass is 1380 g/mol. The van der Waals surface area contributed by atoms with Crippen molar-refractivity contribution in [2.45, 2.75) is 105 Å². The standard InChI is InChI=1S/C36H26F2N2O4.C21H21BFNO3.C21H17BrFNO3/c1-2-31(41)35-26-16-23(21-10-13-32-25(15-21)29-17-24-27(38)5-3-6-28(24)40(29)19-43-32)30(39-14-4-7-34(39)42)18-33(26)44-36(35)20-8-11-22(37)12-9-20;1-20(2)21(3,4)27-22(26-20)13-8-9-19-15(10-13)18-11-14-16(23)6-5-7-17(14)24(18)12-25-19;1-2-17(25)20-14-10-15(22)16(24-9-3-4-19(24)26)11-18(14)27-21(20)12-5-7-13(23)8-6-12/h3,5-6,8-13,15-18H,2,4,7,14,19H2,1H3;5-11H,12H2,1-4H3;5-8,10-11H,2-4,9H2,1H3. The van der Waals surface area contributed by atoms with Crippen molar-refractivity contribution in [1.82, 2.24) is 9.13 Å². The van der Waals surface area contributed by atoms with E-state index in [1.54, 1.807) is 66.1 Å². The van der Waals surface area contributed by atoms with Crippen molar-refractivity contribution >= 4 is 107 Å². The molecule has 8 aromatic carbocycles. The number of amides is 2. The number of carbonyl (C=O) groups is 4. The summed E-state index contributed by atoms with van der Waals surface area (Å²) in [7, 11) is -0.447. The number of ether oxygens (including phenoxy) is 2. The molecular formula is C78H64BBrF4N4O10. The van der Waals surface area contributed by atoms with Crippen molar-refractivity contribution in [2.24, 2.45) is 0 Å². The van der Waals surface area contributed by atoms with E-state index in [0.717, 1.165) is 78.9 Å². The first-order chi connectivity index (χ1) is 47.2. The van der Waals surface area contributed by atoms with Gasteiger partial charge in [0.05, 0.1) is 56.1 Å². The quantitative estimate of drug-likeness (QED) is 0.0736. The van der Waals surface area contributed by atoms with Gasteiger partial charge in [0.25, 0.3) is 0 Å². The van der Waals surface area contributed by atoms with Crippen LogP contribution in [0, 0.1) is 23.3 Å². The smallest absolute Gasteiger partial charge is 0.472 e. The van der Waals surface area contributed by atoms with Gasteiger partial charge in [0, 0.05) is 105 Å². The number of furan rings is 2. The number of carbonyl (C=O) groups excluding carboxylic acids is 4. The molecule has 2 amide bonds. The van der Waals surface area contributed by atoms with Gasteiger partial charge in [0.2, 0.25) is 11.8 Å². The molecule has 0 atom stereocenters. The Morgan fingerprint density at radius 1 is 0.510 bits per heavy atom. The molecule has 0 saturated carbocycles. The summed E-state index contributed by atoms with van der Waals surface area (Å²) in [6.07, 6.45) is 3.11. The molecule has 20 heteroatoms. The average molecular weight is 1380 g/mol.